The zero-order chi connectivity index (χ0) is 21.7. The van der Waals surface area contributed by atoms with Crippen molar-refractivity contribution in [2.75, 3.05) is 6.54 Å². The lowest BCUT2D eigenvalue weighted by Crippen LogP contribution is -2.26. The Kier molecular flexibility index (Phi) is 7.16. The molecule has 0 spiro atoms. The number of hydrogen-bond donors (Lipinski definition) is 1. The van der Waals surface area contributed by atoms with Crippen molar-refractivity contribution < 1.29 is 9.53 Å². The van der Waals surface area contributed by atoms with Gasteiger partial charge in [0.25, 0.3) is 5.91 Å². The van der Waals surface area contributed by atoms with E-state index in [9.17, 15) is 4.79 Å². The number of rotatable bonds is 8. The average Bonchev–Trinajstić information content (AvgIpc) is 2.97. The van der Waals surface area contributed by atoms with Crippen LogP contribution in [-0.4, -0.2) is 28.3 Å². The van der Waals surface area contributed by atoms with Crippen molar-refractivity contribution in [2.45, 2.75) is 46.8 Å². The van der Waals surface area contributed by atoms with Gasteiger partial charge in [0.2, 0.25) is 0 Å². The number of carbonyl (C=O) groups excluding carboxylic acids is 1. The quantitative estimate of drug-likeness (QED) is 0.554. The maximum absolute atomic E-state index is 12.7. The molecular weight excluding hydrogens is 398 g/mol. The third kappa shape index (κ3) is 5.63. The predicted octanol–water partition coefficient (Wildman–Crippen LogP) is 4.96. The normalized spacial score (nSPS) is 11.0. The Morgan fingerprint density at radius 1 is 1.07 bits per heavy atom. The summed E-state index contributed by atoms with van der Waals surface area (Å²) < 4.78 is 7.32. The predicted molar refractivity (Wildman–Crippen MR) is 120 cm³/mol. The van der Waals surface area contributed by atoms with Gasteiger partial charge in [-0.25, -0.2) is 4.68 Å². The van der Waals surface area contributed by atoms with Crippen molar-refractivity contribution in [1.82, 2.24) is 15.1 Å². The molecule has 30 heavy (non-hydrogen) atoms. The molecule has 0 bridgehead atoms. The second-order valence-corrected chi connectivity index (χ2v) is 8.07. The number of nitrogens with zero attached hydrogens (tertiary/aromatic N) is 2. The number of nitrogens with one attached hydrogen (secondary N) is 1. The molecule has 0 aliphatic rings. The lowest BCUT2D eigenvalue weighted by molar-refractivity contribution is 0.0953. The minimum atomic E-state index is -0.201. The summed E-state index contributed by atoms with van der Waals surface area (Å²) >= 11 is 6.49. The van der Waals surface area contributed by atoms with Gasteiger partial charge in [0.1, 0.15) is 10.9 Å². The number of hydrogen-bond acceptors (Lipinski definition) is 3. The lowest BCUT2D eigenvalue weighted by atomic mass is 10.1. The number of ether oxygens (including phenoxy) is 1. The summed E-state index contributed by atoms with van der Waals surface area (Å²) in [4.78, 5) is 12.7. The van der Waals surface area contributed by atoms with Crippen molar-refractivity contribution >= 4 is 17.5 Å². The maximum atomic E-state index is 12.7. The van der Waals surface area contributed by atoms with E-state index in [0.717, 1.165) is 23.3 Å². The van der Waals surface area contributed by atoms with Crippen LogP contribution in [0.2, 0.25) is 5.15 Å². The van der Waals surface area contributed by atoms with Crippen LogP contribution in [0.15, 0.2) is 48.5 Å². The van der Waals surface area contributed by atoms with Crippen LogP contribution in [0.3, 0.4) is 0 Å². The first-order chi connectivity index (χ1) is 14.3. The summed E-state index contributed by atoms with van der Waals surface area (Å²) in [5, 5.41) is 7.77. The van der Waals surface area contributed by atoms with Crippen molar-refractivity contribution in [3.63, 3.8) is 0 Å². The van der Waals surface area contributed by atoms with E-state index in [1.165, 1.54) is 5.56 Å². The lowest BCUT2D eigenvalue weighted by Gasteiger charge is -2.10. The smallest absolute Gasteiger partial charge is 0.256 e. The molecule has 0 unspecified atom stereocenters. The van der Waals surface area contributed by atoms with E-state index in [4.69, 9.17) is 16.3 Å². The van der Waals surface area contributed by atoms with Gasteiger partial charge in [0.15, 0.2) is 0 Å². The summed E-state index contributed by atoms with van der Waals surface area (Å²) in [6.45, 7) is 8.89. The van der Waals surface area contributed by atoms with E-state index in [0.29, 0.717) is 29.5 Å². The summed E-state index contributed by atoms with van der Waals surface area (Å²) in [6.07, 6.45) is 0.872. The molecule has 0 aliphatic carbocycles. The van der Waals surface area contributed by atoms with Crippen LogP contribution in [0.1, 0.15) is 46.6 Å². The van der Waals surface area contributed by atoms with Crippen LogP contribution in [0.5, 0.6) is 5.75 Å². The number of carbonyl (C=O) groups is 1. The van der Waals surface area contributed by atoms with E-state index >= 15 is 0 Å². The fourth-order valence-electron chi connectivity index (χ4n) is 3.20. The second kappa shape index (κ2) is 9.81. The maximum Gasteiger partial charge on any atom is 0.256 e. The monoisotopic (exact) mass is 425 g/mol. The molecule has 1 aromatic heterocycles. The van der Waals surface area contributed by atoms with Crippen molar-refractivity contribution in [1.29, 1.82) is 0 Å². The molecule has 2 aromatic carbocycles. The van der Waals surface area contributed by atoms with Gasteiger partial charge >= 0.3 is 0 Å². The molecule has 0 fully saturated rings. The average molecular weight is 426 g/mol. The van der Waals surface area contributed by atoms with Gasteiger partial charge in [0.05, 0.1) is 23.9 Å². The Morgan fingerprint density at radius 3 is 2.33 bits per heavy atom. The Bertz CT molecular complexity index is 993. The number of benzene rings is 2. The zero-order valence-electron chi connectivity index (χ0n) is 17.9. The molecule has 0 atom stereocenters. The molecule has 1 heterocycles. The number of amides is 1. The van der Waals surface area contributed by atoms with Crippen LogP contribution in [0, 0.1) is 13.8 Å². The minimum Gasteiger partial charge on any atom is -0.491 e. The van der Waals surface area contributed by atoms with Gasteiger partial charge in [-0.15, -0.1) is 0 Å². The molecule has 3 rings (SSSR count). The zero-order valence-corrected chi connectivity index (χ0v) is 18.7. The number of aromatic nitrogens is 2. The molecule has 5 nitrogen and oxygen atoms in total. The number of halogens is 1. The van der Waals surface area contributed by atoms with E-state index in [1.807, 2.05) is 57.2 Å². The van der Waals surface area contributed by atoms with Gasteiger partial charge in [-0.3, -0.25) is 4.79 Å². The molecule has 158 valence electrons. The first kappa shape index (κ1) is 21.9. The van der Waals surface area contributed by atoms with Gasteiger partial charge in [-0.05, 0) is 57.4 Å². The Balaban J connectivity index is 1.58. The van der Waals surface area contributed by atoms with Crippen molar-refractivity contribution in [2.24, 2.45) is 0 Å². The molecule has 0 aliphatic heterocycles. The third-order valence-electron chi connectivity index (χ3n) is 4.74. The van der Waals surface area contributed by atoms with Crippen molar-refractivity contribution in [3.05, 3.63) is 81.6 Å². The standard InChI is InChI=1S/C24H28ClN3O2/c1-16(2)30-21-11-9-19(10-12-21)13-14-26-24(29)22-18(4)27-28(23(22)25)15-20-7-5-17(3)6-8-20/h5-12,16H,13-15H2,1-4H3,(H,26,29). The summed E-state index contributed by atoms with van der Waals surface area (Å²) in [7, 11) is 0. The van der Waals surface area contributed by atoms with Crippen LogP contribution in [0.25, 0.3) is 0 Å². The third-order valence-corrected chi connectivity index (χ3v) is 5.12. The number of aryl methyl sites for hydroxylation is 2. The highest BCUT2D eigenvalue weighted by Crippen LogP contribution is 2.21. The second-order valence-electron chi connectivity index (χ2n) is 7.71. The Morgan fingerprint density at radius 2 is 1.70 bits per heavy atom. The first-order valence-corrected chi connectivity index (χ1v) is 10.5. The largest absolute Gasteiger partial charge is 0.491 e. The van der Waals surface area contributed by atoms with E-state index in [1.54, 1.807) is 11.6 Å². The molecule has 1 amide bonds. The molecule has 0 saturated carbocycles. The molecule has 6 heteroatoms. The molecule has 1 N–H and O–H groups in total. The van der Waals surface area contributed by atoms with Crippen LogP contribution >= 0.6 is 11.6 Å². The van der Waals surface area contributed by atoms with E-state index in [2.05, 4.69) is 22.5 Å². The van der Waals surface area contributed by atoms with Gasteiger partial charge in [-0.1, -0.05) is 53.6 Å². The Labute approximate surface area is 183 Å². The molecule has 3 aromatic rings. The highest BCUT2D eigenvalue weighted by atomic mass is 35.5. The van der Waals surface area contributed by atoms with Gasteiger partial charge in [-0.2, -0.15) is 5.10 Å². The van der Waals surface area contributed by atoms with E-state index < -0.39 is 0 Å². The van der Waals surface area contributed by atoms with Crippen LogP contribution in [-0.2, 0) is 13.0 Å². The fraction of sp³-hybridized carbons (Fsp3) is 0.333. The van der Waals surface area contributed by atoms with Crippen molar-refractivity contribution in [3.8, 4) is 5.75 Å². The van der Waals surface area contributed by atoms with Crippen LogP contribution in [0.4, 0.5) is 0 Å². The molecule has 0 radical (unpaired) electrons. The molecule has 0 saturated heterocycles. The summed E-state index contributed by atoms with van der Waals surface area (Å²) in [6, 6.07) is 16.1. The summed E-state index contributed by atoms with van der Waals surface area (Å²) in [5.41, 5.74) is 4.47. The van der Waals surface area contributed by atoms with E-state index in [-0.39, 0.29) is 12.0 Å². The topological polar surface area (TPSA) is 56.2 Å². The highest BCUT2D eigenvalue weighted by Gasteiger charge is 2.20. The van der Waals surface area contributed by atoms with Gasteiger partial charge in [0, 0.05) is 6.54 Å². The first-order valence-electron chi connectivity index (χ1n) is 10.2. The van der Waals surface area contributed by atoms with Crippen LogP contribution < -0.4 is 10.1 Å². The fourth-order valence-corrected chi connectivity index (χ4v) is 3.52. The SMILES string of the molecule is Cc1ccc(Cn2nc(C)c(C(=O)NCCc3ccc(OC(C)C)cc3)c2Cl)cc1. The summed E-state index contributed by atoms with van der Waals surface area (Å²) in [5.74, 6) is 0.647. The Hall–Kier alpha value is -2.79. The van der Waals surface area contributed by atoms with Gasteiger partial charge < -0.3 is 10.1 Å². The minimum absolute atomic E-state index is 0.148. The highest BCUT2D eigenvalue weighted by molar-refractivity contribution is 6.33. The molecular formula is C24H28ClN3O2.